The van der Waals surface area contributed by atoms with Crippen molar-refractivity contribution in [2.45, 2.75) is 110 Å². The number of esters is 1. The lowest BCUT2D eigenvalue weighted by Crippen LogP contribution is -2.61. The topological polar surface area (TPSA) is 96.4 Å². The Balaban J connectivity index is 1.99. The largest absolute Gasteiger partial charge is 0.466 e. The molecule has 8 heteroatoms. The Morgan fingerprint density at radius 1 is 1.22 bits per heavy atom. The number of hydrogen-bond acceptors (Lipinski definition) is 6. The van der Waals surface area contributed by atoms with Gasteiger partial charge in [-0.15, -0.1) is 6.58 Å². The second-order valence-electron chi connectivity index (χ2n) is 12.8. The van der Waals surface area contributed by atoms with Crippen molar-refractivity contribution in [2.75, 3.05) is 26.3 Å². The zero-order valence-corrected chi connectivity index (χ0v) is 23.8. The van der Waals surface area contributed by atoms with Gasteiger partial charge in [-0.1, -0.05) is 39.7 Å². The summed E-state index contributed by atoms with van der Waals surface area (Å²) in [6.45, 7) is 17.4. The van der Waals surface area contributed by atoms with Crippen LogP contribution in [-0.2, 0) is 23.9 Å². The summed E-state index contributed by atoms with van der Waals surface area (Å²) < 4.78 is 11.9. The van der Waals surface area contributed by atoms with E-state index in [0.29, 0.717) is 32.4 Å². The van der Waals surface area contributed by atoms with Crippen LogP contribution < -0.4 is 0 Å². The summed E-state index contributed by atoms with van der Waals surface area (Å²) in [5, 5.41) is 9.12. The Labute approximate surface area is 222 Å². The maximum atomic E-state index is 14.5. The molecule has 2 amide bonds. The van der Waals surface area contributed by atoms with Crippen molar-refractivity contribution in [3.05, 3.63) is 12.7 Å². The number of amides is 2. The molecule has 210 valence electrons. The molecular formula is C29H48N2O6. The highest BCUT2D eigenvalue weighted by molar-refractivity contribution is 5.98. The van der Waals surface area contributed by atoms with Crippen LogP contribution in [0, 0.1) is 17.3 Å². The van der Waals surface area contributed by atoms with Gasteiger partial charge in [0.1, 0.15) is 11.6 Å². The van der Waals surface area contributed by atoms with E-state index in [1.165, 1.54) is 0 Å². The molecule has 0 saturated carbocycles. The normalized spacial score (nSPS) is 28.9. The Kier molecular flexibility index (Phi) is 9.16. The van der Waals surface area contributed by atoms with Gasteiger partial charge in [0.15, 0.2) is 0 Å². The van der Waals surface area contributed by atoms with E-state index in [4.69, 9.17) is 14.6 Å². The van der Waals surface area contributed by atoms with Crippen LogP contribution >= 0.6 is 0 Å². The molecule has 3 fully saturated rings. The predicted octanol–water partition coefficient (Wildman–Crippen LogP) is 3.71. The molecule has 37 heavy (non-hydrogen) atoms. The number of carbonyl (C=O) groups excluding carboxylic acids is 3. The lowest BCUT2D eigenvalue weighted by Gasteiger charge is -2.45. The fourth-order valence-electron chi connectivity index (χ4n) is 7.23. The summed E-state index contributed by atoms with van der Waals surface area (Å²) in [5.74, 6) is -2.09. The van der Waals surface area contributed by atoms with Crippen molar-refractivity contribution < 1.29 is 29.0 Å². The second-order valence-corrected chi connectivity index (χ2v) is 12.8. The fraction of sp³-hybridized carbons (Fsp3) is 0.828. The molecule has 2 bridgehead atoms. The molecule has 0 aromatic rings. The molecule has 3 aliphatic rings. The predicted molar refractivity (Wildman–Crippen MR) is 142 cm³/mol. The van der Waals surface area contributed by atoms with Gasteiger partial charge < -0.3 is 24.4 Å². The van der Waals surface area contributed by atoms with Gasteiger partial charge >= 0.3 is 5.97 Å². The highest BCUT2D eigenvalue weighted by Crippen LogP contribution is 2.59. The van der Waals surface area contributed by atoms with Gasteiger partial charge in [-0.05, 0) is 58.3 Å². The van der Waals surface area contributed by atoms with E-state index in [2.05, 4.69) is 41.2 Å². The van der Waals surface area contributed by atoms with Gasteiger partial charge in [-0.3, -0.25) is 14.4 Å². The minimum absolute atomic E-state index is 0.0147. The average molecular weight is 521 g/mol. The zero-order valence-electron chi connectivity index (χ0n) is 23.8. The summed E-state index contributed by atoms with van der Waals surface area (Å²) in [6, 6.07) is -0.786. The molecule has 0 unspecified atom stereocenters. The lowest BCUT2D eigenvalue weighted by molar-refractivity contribution is -0.155. The standard InChI is InChI=1S/C29H48N2O6/c1-8-16-31(28(6,7)19-27(3,4)5)25(34)23-29-15-14-20(37-29)21(26(35)36-9-2)22(29)24(33)30(23)17-12-10-11-13-18-32/h8,20-23,32H,1,9-19H2,2-7H3/t20-,21+,22+,23-,29+/m1/s1. The van der Waals surface area contributed by atoms with Crippen molar-refractivity contribution in [1.29, 1.82) is 0 Å². The monoisotopic (exact) mass is 520 g/mol. The van der Waals surface area contributed by atoms with Crippen LogP contribution in [0.25, 0.3) is 0 Å². The lowest BCUT2D eigenvalue weighted by atomic mass is 9.70. The van der Waals surface area contributed by atoms with Crippen LogP contribution in [0.3, 0.4) is 0 Å². The molecule has 0 aromatic heterocycles. The summed E-state index contributed by atoms with van der Waals surface area (Å²) in [4.78, 5) is 45.1. The van der Waals surface area contributed by atoms with E-state index >= 15 is 0 Å². The molecule has 0 radical (unpaired) electrons. The van der Waals surface area contributed by atoms with Crippen LogP contribution in [-0.4, -0.2) is 82.3 Å². The number of aliphatic hydroxyl groups excluding tert-OH is 1. The molecule has 1 spiro atoms. The number of rotatable bonds is 13. The average Bonchev–Trinajstić information content (AvgIpc) is 3.43. The molecular weight excluding hydrogens is 472 g/mol. The van der Waals surface area contributed by atoms with Gasteiger partial charge in [0, 0.05) is 25.2 Å². The zero-order chi connectivity index (χ0) is 27.6. The minimum Gasteiger partial charge on any atom is -0.466 e. The molecule has 0 aliphatic carbocycles. The van der Waals surface area contributed by atoms with E-state index < -0.39 is 41.1 Å². The summed E-state index contributed by atoms with van der Waals surface area (Å²) in [6.07, 6.45) is 6.46. The maximum Gasteiger partial charge on any atom is 0.312 e. The Hall–Kier alpha value is -1.93. The summed E-state index contributed by atoms with van der Waals surface area (Å²) in [7, 11) is 0. The first kappa shape index (κ1) is 29.6. The van der Waals surface area contributed by atoms with Crippen LogP contribution in [0.4, 0.5) is 0 Å². The van der Waals surface area contributed by atoms with Crippen molar-refractivity contribution in [3.63, 3.8) is 0 Å². The van der Waals surface area contributed by atoms with Crippen molar-refractivity contribution in [1.82, 2.24) is 9.80 Å². The van der Waals surface area contributed by atoms with Crippen molar-refractivity contribution in [2.24, 2.45) is 17.3 Å². The molecule has 8 nitrogen and oxygen atoms in total. The van der Waals surface area contributed by atoms with E-state index in [1.807, 2.05) is 4.90 Å². The van der Waals surface area contributed by atoms with Crippen LogP contribution in [0.1, 0.15) is 86.5 Å². The first-order valence-electron chi connectivity index (χ1n) is 14.0. The van der Waals surface area contributed by atoms with Gasteiger partial charge in [-0.2, -0.15) is 0 Å². The van der Waals surface area contributed by atoms with E-state index in [-0.39, 0.29) is 30.4 Å². The minimum atomic E-state index is -1.02. The smallest absolute Gasteiger partial charge is 0.312 e. The number of fused-ring (bicyclic) bond motifs is 1. The second kappa shape index (κ2) is 11.4. The number of carbonyl (C=O) groups is 3. The third-order valence-corrected chi connectivity index (χ3v) is 8.17. The van der Waals surface area contributed by atoms with E-state index in [0.717, 1.165) is 25.7 Å². The van der Waals surface area contributed by atoms with E-state index in [9.17, 15) is 14.4 Å². The SMILES string of the molecule is C=CCN(C(=O)[C@H]1N(CCCCCCO)C(=O)[C@@H]2[C@@H](C(=O)OCC)[C@H]3CC[C@]21O3)C(C)(C)CC(C)(C)C. The number of aliphatic hydroxyl groups is 1. The maximum absolute atomic E-state index is 14.5. The van der Waals surface area contributed by atoms with Gasteiger partial charge in [-0.25, -0.2) is 0 Å². The number of likely N-dealkylation sites (tertiary alicyclic amines) is 1. The molecule has 0 aromatic carbocycles. The van der Waals surface area contributed by atoms with Crippen molar-refractivity contribution in [3.8, 4) is 0 Å². The summed E-state index contributed by atoms with van der Waals surface area (Å²) >= 11 is 0. The van der Waals surface area contributed by atoms with Crippen LogP contribution in [0.2, 0.25) is 0 Å². The third-order valence-electron chi connectivity index (χ3n) is 8.17. The Morgan fingerprint density at radius 2 is 1.89 bits per heavy atom. The van der Waals surface area contributed by atoms with Gasteiger partial charge in [0.25, 0.3) is 0 Å². The van der Waals surface area contributed by atoms with Crippen LogP contribution in [0.15, 0.2) is 12.7 Å². The molecule has 5 atom stereocenters. The molecule has 3 heterocycles. The number of unbranched alkanes of at least 4 members (excludes halogenated alkanes) is 3. The van der Waals surface area contributed by atoms with E-state index in [1.54, 1.807) is 17.9 Å². The Morgan fingerprint density at radius 3 is 2.49 bits per heavy atom. The van der Waals surface area contributed by atoms with Gasteiger partial charge in [0.05, 0.1) is 24.5 Å². The van der Waals surface area contributed by atoms with Gasteiger partial charge in [0.2, 0.25) is 11.8 Å². The molecule has 3 saturated heterocycles. The number of nitrogens with zero attached hydrogens (tertiary/aromatic N) is 2. The van der Waals surface area contributed by atoms with Crippen molar-refractivity contribution >= 4 is 17.8 Å². The quantitative estimate of drug-likeness (QED) is 0.226. The highest BCUT2D eigenvalue weighted by atomic mass is 16.6. The fourth-order valence-corrected chi connectivity index (χ4v) is 7.23. The summed E-state index contributed by atoms with van der Waals surface area (Å²) in [5.41, 5.74) is -1.51. The third kappa shape index (κ3) is 5.75. The highest BCUT2D eigenvalue weighted by Gasteiger charge is 2.75. The molecule has 3 aliphatic heterocycles. The number of ether oxygens (including phenoxy) is 2. The molecule has 3 rings (SSSR count). The molecule has 1 N–H and O–H groups in total. The first-order chi connectivity index (χ1) is 17.3. The Bertz CT molecular complexity index is 865. The van der Waals surface area contributed by atoms with Crippen LogP contribution in [0.5, 0.6) is 0 Å². The number of hydrogen-bond donors (Lipinski definition) is 1. The first-order valence-corrected chi connectivity index (χ1v) is 14.0.